The van der Waals surface area contributed by atoms with Crippen molar-refractivity contribution >= 4 is 11.8 Å². The van der Waals surface area contributed by atoms with Crippen molar-refractivity contribution in [2.45, 2.75) is 51.1 Å². The highest BCUT2D eigenvalue weighted by atomic mass is 16.2. The van der Waals surface area contributed by atoms with E-state index in [4.69, 9.17) is 11.5 Å². The number of nitrogens with zero attached hydrogens (tertiary/aromatic N) is 1. The van der Waals surface area contributed by atoms with Gasteiger partial charge in [0.2, 0.25) is 11.8 Å². The fraction of sp³-hybridized carbons (Fsp3) is 0.818. The second-order valence-corrected chi connectivity index (χ2v) is 4.34. The average Bonchev–Trinajstić information content (AvgIpc) is 2.28. The van der Waals surface area contributed by atoms with E-state index in [-0.39, 0.29) is 5.91 Å². The lowest BCUT2D eigenvalue weighted by atomic mass is 10.00. The standard InChI is InChI=1S/C11H21N3O2/c1-2-5-8(12)11(16)14-7-4-3-6-9(14)10(13)15/h8-9H,2-7,12H2,1H3,(H2,13,15)/t8-,9-/m0/s1. The van der Waals surface area contributed by atoms with Crippen molar-refractivity contribution in [3.05, 3.63) is 0 Å². The second kappa shape index (κ2) is 5.84. The lowest BCUT2D eigenvalue weighted by molar-refractivity contribution is -0.142. The molecule has 0 aromatic rings. The minimum absolute atomic E-state index is 0.134. The van der Waals surface area contributed by atoms with Gasteiger partial charge in [-0.15, -0.1) is 0 Å². The number of rotatable bonds is 4. The molecule has 16 heavy (non-hydrogen) atoms. The molecule has 92 valence electrons. The first kappa shape index (κ1) is 13.0. The summed E-state index contributed by atoms with van der Waals surface area (Å²) in [5.74, 6) is -0.554. The molecule has 0 spiro atoms. The largest absolute Gasteiger partial charge is 0.368 e. The second-order valence-electron chi connectivity index (χ2n) is 4.34. The third kappa shape index (κ3) is 2.95. The van der Waals surface area contributed by atoms with Crippen molar-refractivity contribution in [2.75, 3.05) is 6.54 Å². The monoisotopic (exact) mass is 227 g/mol. The first-order valence-electron chi connectivity index (χ1n) is 5.93. The zero-order valence-corrected chi connectivity index (χ0v) is 9.82. The van der Waals surface area contributed by atoms with Gasteiger partial charge < -0.3 is 16.4 Å². The summed E-state index contributed by atoms with van der Waals surface area (Å²) in [6.45, 7) is 2.58. The summed E-state index contributed by atoms with van der Waals surface area (Å²) in [6.07, 6.45) is 4.05. The van der Waals surface area contributed by atoms with E-state index in [1.807, 2.05) is 6.92 Å². The smallest absolute Gasteiger partial charge is 0.240 e. The van der Waals surface area contributed by atoms with E-state index in [2.05, 4.69) is 0 Å². The van der Waals surface area contributed by atoms with Gasteiger partial charge in [-0.05, 0) is 25.7 Å². The van der Waals surface area contributed by atoms with Crippen LogP contribution in [0.3, 0.4) is 0 Å². The number of hydrogen-bond donors (Lipinski definition) is 2. The molecule has 2 atom stereocenters. The zero-order chi connectivity index (χ0) is 12.1. The summed E-state index contributed by atoms with van der Waals surface area (Å²) in [5.41, 5.74) is 11.1. The van der Waals surface area contributed by atoms with Crippen LogP contribution in [0.1, 0.15) is 39.0 Å². The van der Waals surface area contributed by atoms with Crippen molar-refractivity contribution in [3.63, 3.8) is 0 Å². The molecule has 1 saturated heterocycles. The van der Waals surface area contributed by atoms with Crippen LogP contribution in [0.4, 0.5) is 0 Å². The summed E-state index contributed by atoms with van der Waals surface area (Å²) < 4.78 is 0. The molecule has 1 heterocycles. The van der Waals surface area contributed by atoms with Crippen molar-refractivity contribution in [3.8, 4) is 0 Å². The molecule has 0 aromatic carbocycles. The maximum absolute atomic E-state index is 12.0. The minimum Gasteiger partial charge on any atom is -0.368 e. The number of carbonyl (C=O) groups excluding carboxylic acids is 2. The van der Waals surface area contributed by atoms with Crippen LogP contribution in [-0.2, 0) is 9.59 Å². The van der Waals surface area contributed by atoms with Crippen LogP contribution in [0.2, 0.25) is 0 Å². The normalized spacial score (nSPS) is 22.9. The van der Waals surface area contributed by atoms with Crippen molar-refractivity contribution in [1.82, 2.24) is 4.90 Å². The summed E-state index contributed by atoms with van der Waals surface area (Å²) in [4.78, 5) is 24.8. The molecule has 1 aliphatic heterocycles. The van der Waals surface area contributed by atoms with E-state index in [0.717, 1.165) is 19.3 Å². The highest BCUT2D eigenvalue weighted by Gasteiger charge is 2.32. The van der Waals surface area contributed by atoms with E-state index in [0.29, 0.717) is 19.4 Å². The van der Waals surface area contributed by atoms with E-state index in [9.17, 15) is 9.59 Å². The van der Waals surface area contributed by atoms with E-state index in [1.54, 1.807) is 4.90 Å². The molecule has 4 N–H and O–H groups in total. The highest BCUT2D eigenvalue weighted by Crippen LogP contribution is 2.18. The quantitative estimate of drug-likeness (QED) is 0.707. The third-order valence-electron chi connectivity index (χ3n) is 3.03. The molecule has 1 fully saturated rings. The fourth-order valence-corrected chi connectivity index (χ4v) is 2.14. The molecule has 5 heteroatoms. The topological polar surface area (TPSA) is 89.4 Å². The Labute approximate surface area is 96.1 Å². The molecule has 1 rings (SSSR count). The van der Waals surface area contributed by atoms with Crippen LogP contribution in [0.5, 0.6) is 0 Å². The van der Waals surface area contributed by atoms with Gasteiger partial charge in [-0.25, -0.2) is 0 Å². The maximum Gasteiger partial charge on any atom is 0.240 e. The van der Waals surface area contributed by atoms with Crippen LogP contribution in [0.15, 0.2) is 0 Å². The number of primary amides is 1. The minimum atomic E-state index is -0.495. The number of carbonyl (C=O) groups is 2. The average molecular weight is 227 g/mol. The van der Waals surface area contributed by atoms with Gasteiger partial charge in [-0.1, -0.05) is 13.3 Å². The maximum atomic E-state index is 12.0. The fourth-order valence-electron chi connectivity index (χ4n) is 2.14. The Balaban J connectivity index is 2.67. The molecule has 0 radical (unpaired) electrons. The van der Waals surface area contributed by atoms with Gasteiger partial charge in [-0.3, -0.25) is 9.59 Å². The molecule has 0 saturated carbocycles. The predicted octanol–water partition coefficient (Wildman–Crippen LogP) is -0.0198. The van der Waals surface area contributed by atoms with Crippen LogP contribution >= 0.6 is 0 Å². The predicted molar refractivity (Wildman–Crippen MR) is 61.4 cm³/mol. The number of nitrogens with two attached hydrogens (primary N) is 2. The molecular formula is C11H21N3O2. The van der Waals surface area contributed by atoms with Gasteiger partial charge in [-0.2, -0.15) is 0 Å². The first-order chi connectivity index (χ1) is 7.57. The zero-order valence-electron chi connectivity index (χ0n) is 9.82. The van der Waals surface area contributed by atoms with Gasteiger partial charge in [0.25, 0.3) is 0 Å². The summed E-state index contributed by atoms with van der Waals surface area (Å²) in [7, 11) is 0. The van der Waals surface area contributed by atoms with E-state index < -0.39 is 18.0 Å². The SMILES string of the molecule is CCC[C@H](N)C(=O)N1CCCC[C@H]1C(N)=O. The van der Waals surface area contributed by atoms with Crippen LogP contribution in [-0.4, -0.2) is 35.3 Å². The van der Waals surface area contributed by atoms with Gasteiger partial charge in [0, 0.05) is 6.54 Å². The van der Waals surface area contributed by atoms with Crippen LogP contribution in [0, 0.1) is 0 Å². The first-order valence-corrected chi connectivity index (χ1v) is 5.93. The summed E-state index contributed by atoms with van der Waals surface area (Å²) in [6, 6.07) is -0.950. The molecule has 0 bridgehead atoms. The van der Waals surface area contributed by atoms with E-state index in [1.165, 1.54) is 0 Å². The number of hydrogen-bond acceptors (Lipinski definition) is 3. The van der Waals surface area contributed by atoms with Crippen molar-refractivity contribution < 1.29 is 9.59 Å². The summed E-state index contributed by atoms with van der Waals surface area (Å²) >= 11 is 0. The summed E-state index contributed by atoms with van der Waals surface area (Å²) in [5, 5.41) is 0. The molecule has 2 amide bonds. The van der Waals surface area contributed by atoms with Gasteiger partial charge in [0.05, 0.1) is 6.04 Å². The third-order valence-corrected chi connectivity index (χ3v) is 3.03. The Morgan fingerprint density at radius 2 is 2.12 bits per heavy atom. The highest BCUT2D eigenvalue weighted by molar-refractivity contribution is 5.89. The van der Waals surface area contributed by atoms with Gasteiger partial charge in [0.1, 0.15) is 6.04 Å². The van der Waals surface area contributed by atoms with E-state index >= 15 is 0 Å². The molecule has 1 aliphatic rings. The Bertz CT molecular complexity index is 268. The van der Waals surface area contributed by atoms with Crippen molar-refractivity contribution in [2.24, 2.45) is 11.5 Å². The lowest BCUT2D eigenvalue weighted by Gasteiger charge is -2.35. The molecule has 0 aliphatic carbocycles. The lowest BCUT2D eigenvalue weighted by Crippen LogP contribution is -2.55. The number of amides is 2. The Hall–Kier alpha value is -1.10. The molecular weight excluding hydrogens is 206 g/mol. The Kier molecular flexibility index (Phi) is 4.73. The van der Waals surface area contributed by atoms with Crippen LogP contribution in [0.25, 0.3) is 0 Å². The van der Waals surface area contributed by atoms with Gasteiger partial charge in [0.15, 0.2) is 0 Å². The molecule has 0 unspecified atom stereocenters. The number of piperidine rings is 1. The molecule has 0 aromatic heterocycles. The van der Waals surface area contributed by atoms with Crippen LogP contribution < -0.4 is 11.5 Å². The Morgan fingerprint density at radius 3 is 2.69 bits per heavy atom. The van der Waals surface area contributed by atoms with Crippen molar-refractivity contribution in [1.29, 1.82) is 0 Å². The number of likely N-dealkylation sites (tertiary alicyclic amines) is 1. The Morgan fingerprint density at radius 1 is 1.44 bits per heavy atom. The van der Waals surface area contributed by atoms with Gasteiger partial charge >= 0.3 is 0 Å². The molecule has 5 nitrogen and oxygen atoms in total.